The van der Waals surface area contributed by atoms with Crippen LogP contribution in [0.15, 0.2) is 29.7 Å². The number of hydrogen-bond donors (Lipinski definition) is 1. The number of hydrogen-bond acceptors (Lipinski definition) is 6. The smallest absolute Gasteiger partial charge is 0.234 e. The van der Waals surface area contributed by atoms with E-state index in [0.717, 1.165) is 5.56 Å². The molecule has 2 rings (SSSR count). The molecular weight excluding hydrogens is 292 g/mol. The average Bonchev–Trinajstić information content (AvgIpc) is 2.84. The Morgan fingerprint density at radius 3 is 2.81 bits per heavy atom. The number of carbonyl (C=O) groups is 2. The quantitative estimate of drug-likeness (QED) is 0.793. The Kier molecular flexibility index (Phi) is 4.59. The van der Waals surface area contributed by atoms with Crippen LogP contribution >= 0.6 is 11.8 Å². The van der Waals surface area contributed by atoms with Gasteiger partial charge in [-0.15, -0.1) is 10.2 Å². The van der Waals surface area contributed by atoms with Crippen LogP contribution in [-0.4, -0.2) is 32.4 Å². The highest BCUT2D eigenvalue weighted by molar-refractivity contribution is 7.99. The fourth-order valence-corrected chi connectivity index (χ4v) is 2.29. The molecule has 0 aliphatic rings. The lowest BCUT2D eigenvalue weighted by atomic mass is 10.1. The van der Waals surface area contributed by atoms with Gasteiger partial charge in [-0.25, -0.2) is 0 Å². The number of aryl methyl sites for hydroxylation is 2. The van der Waals surface area contributed by atoms with Gasteiger partial charge in [0.05, 0.1) is 11.7 Å². The summed E-state index contributed by atoms with van der Waals surface area (Å²) in [6.45, 7) is 1.78. The van der Waals surface area contributed by atoms with Crippen molar-refractivity contribution in [2.45, 2.75) is 12.1 Å². The molecule has 2 aromatic rings. The second-order valence-electron chi connectivity index (χ2n) is 4.38. The summed E-state index contributed by atoms with van der Waals surface area (Å²) in [7, 11) is 1.79. The third kappa shape index (κ3) is 3.82. The maximum atomic E-state index is 11.9. The lowest BCUT2D eigenvalue weighted by molar-refractivity contribution is -0.255. The molecule has 7 nitrogen and oxygen atoms in total. The van der Waals surface area contributed by atoms with E-state index in [4.69, 9.17) is 0 Å². The van der Waals surface area contributed by atoms with E-state index in [2.05, 4.69) is 15.5 Å². The van der Waals surface area contributed by atoms with Crippen LogP contribution in [0.3, 0.4) is 0 Å². The van der Waals surface area contributed by atoms with E-state index >= 15 is 0 Å². The molecule has 1 amide bonds. The lowest BCUT2D eigenvalue weighted by Gasteiger charge is -2.11. The van der Waals surface area contributed by atoms with Crippen LogP contribution < -0.4 is 10.4 Å². The molecule has 0 atom stereocenters. The SMILES string of the molecule is Cc1ccc(C(=O)[O-])cc1NC(=O)CSc1nncn1C. The first kappa shape index (κ1) is 15.0. The van der Waals surface area contributed by atoms with E-state index in [-0.39, 0.29) is 17.2 Å². The molecule has 21 heavy (non-hydrogen) atoms. The highest BCUT2D eigenvalue weighted by Gasteiger charge is 2.09. The second-order valence-corrected chi connectivity index (χ2v) is 5.32. The van der Waals surface area contributed by atoms with Crippen LogP contribution in [0.4, 0.5) is 5.69 Å². The topological polar surface area (TPSA) is 99.9 Å². The molecule has 1 heterocycles. The van der Waals surface area contributed by atoms with E-state index in [1.807, 2.05) is 0 Å². The van der Waals surface area contributed by atoms with Gasteiger partial charge in [0.15, 0.2) is 5.16 Å². The number of nitrogens with one attached hydrogen (secondary N) is 1. The minimum Gasteiger partial charge on any atom is -0.545 e. The standard InChI is InChI=1S/C13H14N4O3S/c1-8-3-4-9(12(19)20)5-10(8)15-11(18)6-21-13-16-14-7-17(13)2/h3-5,7H,6H2,1-2H3,(H,15,18)(H,19,20)/p-1. The first-order chi connectivity index (χ1) is 9.97. The highest BCUT2D eigenvalue weighted by atomic mass is 32.2. The molecule has 1 aromatic carbocycles. The van der Waals surface area contributed by atoms with Crippen molar-refractivity contribution >= 4 is 29.3 Å². The van der Waals surface area contributed by atoms with Crippen molar-refractivity contribution < 1.29 is 14.7 Å². The predicted molar refractivity (Wildman–Crippen MR) is 75.9 cm³/mol. The third-order valence-corrected chi connectivity index (χ3v) is 3.78. The largest absolute Gasteiger partial charge is 0.545 e. The number of rotatable bonds is 5. The molecule has 0 unspecified atom stereocenters. The third-order valence-electron chi connectivity index (χ3n) is 2.75. The van der Waals surface area contributed by atoms with Gasteiger partial charge in [-0.2, -0.15) is 0 Å². The van der Waals surface area contributed by atoms with Crippen LogP contribution in [0.25, 0.3) is 0 Å². The Hall–Kier alpha value is -2.35. The summed E-state index contributed by atoms with van der Waals surface area (Å²) in [6, 6.07) is 4.45. The molecular formula is C13H13N4O3S-. The number of nitrogens with zero attached hydrogens (tertiary/aromatic N) is 3. The molecule has 0 saturated heterocycles. The van der Waals surface area contributed by atoms with Crippen LogP contribution in [0, 0.1) is 6.92 Å². The number of amides is 1. The first-order valence-corrected chi connectivity index (χ1v) is 7.04. The summed E-state index contributed by atoms with van der Waals surface area (Å²) in [4.78, 5) is 22.7. The molecule has 0 spiro atoms. The molecule has 0 bridgehead atoms. The van der Waals surface area contributed by atoms with E-state index in [0.29, 0.717) is 10.8 Å². The van der Waals surface area contributed by atoms with E-state index in [1.165, 1.54) is 23.9 Å². The molecule has 0 aliphatic heterocycles. The zero-order chi connectivity index (χ0) is 15.4. The van der Waals surface area contributed by atoms with Crippen LogP contribution in [0.5, 0.6) is 0 Å². The van der Waals surface area contributed by atoms with E-state index < -0.39 is 5.97 Å². The number of carbonyl (C=O) groups excluding carboxylic acids is 2. The predicted octanol–water partition coefficient (Wildman–Crippen LogP) is 0.218. The van der Waals surface area contributed by atoms with Gasteiger partial charge in [0, 0.05) is 12.7 Å². The van der Waals surface area contributed by atoms with Crippen molar-refractivity contribution in [3.63, 3.8) is 0 Å². The molecule has 0 saturated carbocycles. The molecule has 1 N–H and O–H groups in total. The summed E-state index contributed by atoms with van der Waals surface area (Å²) in [5.41, 5.74) is 1.26. The molecule has 1 aromatic heterocycles. The van der Waals surface area contributed by atoms with Crippen molar-refractivity contribution in [1.29, 1.82) is 0 Å². The van der Waals surface area contributed by atoms with E-state index in [1.54, 1.807) is 30.9 Å². The number of aromatic nitrogens is 3. The van der Waals surface area contributed by atoms with Gasteiger partial charge in [0.1, 0.15) is 6.33 Å². The second kappa shape index (κ2) is 6.40. The number of anilines is 1. The van der Waals surface area contributed by atoms with Crippen LogP contribution in [0.2, 0.25) is 0 Å². The normalized spacial score (nSPS) is 10.4. The number of carboxylic acids is 1. The fourth-order valence-electron chi connectivity index (χ4n) is 1.60. The van der Waals surface area contributed by atoms with Crippen molar-refractivity contribution in [2.75, 3.05) is 11.1 Å². The van der Waals surface area contributed by atoms with Gasteiger partial charge in [0.2, 0.25) is 5.91 Å². The summed E-state index contributed by atoms with van der Waals surface area (Å²) >= 11 is 1.25. The van der Waals surface area contributed by atoms with Crippen LogP contribution in [0.1, 0.15) is 15.9 Å². The first-order valence-electron chi connectivity index (χ1n) is 6.06. The van der Waals surface area contributed by atoms with Gasteiger partial charge in [0.25, 0.3) is 0 Å². The zero-order valence-corrected chi connectivity index (χ0v) is 12.3. The minimum atomic E-state index is -1.28. The van der Waals surface area contributed by atoms with Crippen molar-refractivity contribution in [3.05, 3.63) is 35.7 Å². The Labute approximate surface area is 125 Å². The summed E-state index contributed by atoms with van der Waals surface area (Å²) in [6.07, 6.45) is 1.55. The van der Waals surface area contributed by atoms with Crippen molar-refractivity contribution in [2.24, 2.45) is 7.05 Å². The van der Waals surface area contributed by atoms with Crippen molar-refractivity contribution in [3.8, 4) is 0 Å². The Morgan fingerprint density at radius 1 is 1.43 bits per heavy atom. The fraction of sp³-hybridized carbons (Fsp3) is 0.231. The molecule has 0 radical (unpaired) electrons. The van der Waals surface area contributed by atoms with Crippen LogP contribution in [-0.2, 0) is 11.8 Å². The van der Waals surface area contributed by atoms with Crippen molar-refractivity contribution in [1.82, 2.24) is 14.8 Å². The highest BCUT2D eigenvalue weighted by Crippen LogP contribution is 2.18. The Bertz CT molecular complexity index is 684. The Balaban J connectivity index is 2.01. The monoisotopic (exact) mass is 305 g/mol. The summed E-state index contributed by atoms with van der Waals surface area (Å²) in [5.74, 6) is -1.37. The molecule has 8 heteroatoms. The Morgan fingerprint density at radius 2 is 2.19 bits per heavy atom. The minimum absolute atomic E-state index is 0.0249. The number of benzene rings is 1. The maximum Gasteiger partial charge on any atom is 0.234 e. The van der Waals surface area contributed by atoms with Gasteiger partial charge in [-0.1, -0.05) is 23.9 Å². The van der Waals surface area contributed by atoms with Gasteiger partial charge in [-0.05, 0) is 24.1 Å². The van der Waals surface area contributed by atoms with Gasteiger partial charge in [-0.3, -0.25) is 4.79 Å². The molecule has 110 valence electrons. The van der Waals surface area contributed by atoms with Gasteiger partial charge < -0.3 is 19.8 Å². The van der Waals surface area contributed by atoms with E-state index in [9.17, 15) is 14.7 Å². The number of thioether (sulfide) groups is 1. The number of aromatic carboxylic acids is 1. The molecule has 0 aliphatic carbocycles. The molecule has 0 fully saturated rings. The lowest BCUT2D eigenvalue weighted by Crippen LogP contribution is -2.23. The maximum absolute atomic E-state index is 11.9. The average molecular weight is 305 g/mol. The summed E-state index contributed by atoms with van der Waals surface area (Å²) < 4.78 is 1.71. The zero-order valence-electron chi connectivity index (χ0n) is 11.5. The number of carboxylic acid groups (broad SMARTS) is 1. The summed E-state index contributed by atoms with van der Waals surface area (Å²) in [5, 5.41) is 21.7. The van der Waals surface area contributed by atoms with Gasteiger partial charge >= 0.3 is 0 Å².